The minimum absolute atomic E-state index is 0.0879. The number of hydrogen-bond donors (Lipinski definition) is 0. The molecule has 0 aliphatic carbocycles. The van der Waals surface area contributed by atoms with Crippen LogP contribution in [0.2, 0.25) is 0 Å². The zero-order chi connectivity index (χ0) is 13.4. The number of halogens is 6. The van der Waals surface area contributed by atoms with Crippen molar-refractivity contribution in [1.82, 2.24) is 0 Å². The highest BCUT2D eigenvalue weighted by molar-refractivity contribution is 9.10. The molecular weight excluding hydrogens is 413 g/mol. The summed E-state index contributed by atoms with van der Waals surface area (Å²) < 4.78 is 27.4. The lowest BCUT2D eigenvalue weighted by Crippen LogP contribution is -1.95. The van der Waals surface area contributed by atoms with Gasteiger partial charge >= 0.3 is 0 Å². The number of fused-ring (bicyclic) bond motifs is 1. The lowest BCUT2D eigenvalue weighted by atomic mass is 10.0. The topological polar surface area (TPSA) is 0 Å². The molecule has 18 heavy (non-hydrogen) atoms. The third-order valence-corrected chi connectivity index (χ3v) is 4.41. The second kappa shape index (κ2) is 5.61. The Balaban J connectivity index is 2.88. The number of alkyl halides is 4. The van der Waals surface area contributed by atoms with Gasteiger partial charge < -0.3 is 0 Å². The molecule has 0 unspecified atom stereocenters. The van der Waals surface area contributed by atoms with Crippen LogP contribution in [0.25, 0.3) is 10.8 Å². The van der Waals surface area contributed by atoms with E-state index in [1.54, 1.807) is 24.3 Å². The van der Waals surface area contributed by atoms with Gasteiger partial charge in [-0.2, -0.15) is 0 Å². The lowest BCUT2D eigenvalue weighted by Gasteiger charge is -2.14. The van der Waals surface area contributed by atoms with E-state index in [1.807, 2.05) is 0 Å². The molecule has 0 nitrogen and oxygen atoms in total. The lowest BCUT2D eigenvalue weighted by molar-refractivity contribution is 0.152. The van der Waals surface area contributed by atoms with Crippen molar-refractivity contribution in [3.8, 4) is 0 Å². The molecular formula is C12H6Br2Cl2F2. The van der Waals surface area contributed by atoms with Crippen molar-refractivity contribution >= 4 is 65.8 Å². The third kappa shape index (κ3) is 2.67. The Bertz CT molecular complexity index is 600. The fourth-order valence-electron chi connectivity index (χ4n) is 1.76. The minimum atomic E-state index is -2.61. The van der Waals surface area contributed by atoms with Gasteiger partial charge in [-0.25, -0.2) is 8.78 Å². The highest BCUT2D eigenvalue weighted by atomic mass is 79.9. The summed E-state index contributed by atoms with van der Waals surface area (Å²) >= 11 is 18.0. The Labute approximate surface area is 130 Å². The van der Waals surface area contributed by atoms with Gasteiger partial charge in [-0.1, -0.05) is 22.0 Å². The van der Waals surface area contributed by atoms with Crippen LogP contribution in [0.5, 0.6) is 0 Å². The monoisotopic (exact) mass is 416 g/mol. The molecule has 0 N–H and O–H groups in total. The van der Waals surface area contributed by atoms with E-state index in [-0.39, 0.29) is 10.0 Å². The van der Waals surface area contributed by atoms with Gasteiger partial charge in [-0.3, -0.25) is 0 Å². The van der Waals surface area contributed by atoms with Crippen LogP contribution >= 0.6 is 55.1 Å². The molecule has 2 rings (SSSR count). The van der Waals surface area contributed by atoms with Gasteiger partial charge in [0.25, 0.3) is 6.43 Å². The zero-order valence-corrected chi connectivity index (χ0v) is 13.4. The molecule has 0 aliphatic rings. The SMILES string of the molecule is FC(F)c1c(Br)c(C(Cl)Cl)cc2ccc(Br)cc12. The van der Waals surface area contributed by atoms with E-state index < -0.39 is 11.3 Å². The van der Waals surface area contributed by atoms with Gasteiger partial charge in [0.2, 0.25) is 0 Å². The largest absolute Gasteiger partial charge is 0.265 e. The number of benzene rings is 2. The molecule has 0 bridgehead atoms. The van der Waals surface area contributed by atoms with Crippen LogP contribution in [0.4, 0.5) is 8.78 Å². The summed E-state index contributed by atoms with van der Waals surface area (Å²) in [4.78, 5) is -0.857. The molecule has 0 saturated carbocycles. The van der Waals surface area contributed by atoms with Gasteiger partial charge in [0.1, 0.15) is 4.84 Å². The van der Waals surface area contributed by atoms with Crippen molar-refractivity contribution in [1.29, 1.82) is 0 Å². The second-order valence-corrected chi connectivity index (χ2v) is 6.47. The molecule has 0 atom stereocenters. The molecule has 0 saturated heterocycles. The van der Waals surface area contributed by atoms with Gasteiger partial charge in [-0.15, -0.1) is 23.2 Å². The van der Waals surface area contributed by atoms with Crippen LogP contribution in [0, 0.1) is 0 Å². The summed E-state index contributed by atoms with van der Waals surface area (Å²) in [7, 11) is 0. The maximum absolute atomic E-state index is 13.2. The molecule has 0 amide bonds. The molecule has 0 aliphatic heterocycles. The summed E-state index contributed by atoms with van der Waals surface area (Å²) in [5.41, 5.74) is 0.360. The predicted octanol–water partition coefficient (Wildman–Crippen LogP) is 6.78. The normalized spacial score (nSPS) is 11.8. The van der Waals surface area contributed by atoms with E-state index in [9.17, 15) is 8.78 Å². The molecule has 2 aromatic rings. The number of rotatable bonds is 2. The Kier molecular flexibility index (Phi) is 4.52. The molecule has 0 heterocycles. The van der Waals surface area contributed by atoms with Gasteiger partial charge in [0, 0.05) is 20.1 Å². The predicted molar refractivity (Wildman–Crippen MR) is 78.8 cm³/mol. The zero-order valence-electron chi connectivity index (χ0n) is 8.73. The van der Waals surface area contributed by atoms with Crippen molar-refractivity contribution < 1.29 is 8.78 Å². The van der Waals surface area contributed by atoms with E-state index in [0.717, 1.165) is 4.47 Å². The Hall–Kier alpha value is 0.1000. The van der Waals surface area contributed by atoms with Crippen molar-refractivity contribution in [3.63, 3.8) is 0 Å². The maximum atomic E-state index is 13.2. The van der Waals surface area contributed by atoms with E-state index in [1.165, 1.54) is 0 Å². The second-order valence-electron chi connectivity index (χ2n) is 3.66. The summed E-state index contributed by atoms with van der Waals surface area (Å²) in [6.07, 6.45) is -2.61. The standard InChI is InChI=1S/C12H6Br2Cl2F2/c13-6-2-1-5-3-8(11(15)16)10(14)9(12(17)18)7(5)4-6/h1-4,11-12H. The van der Waals surface area contributed by atoms with E-state index in [4.69, 9.17) is 23.2 Å². The first kappa shape index (κ1) is 14.5. The molecule has 6 heteroatoms. The van der Waals surface area contributed by atoms with Crippen LogP contribution in [0.1, 0.15) is 22.4 Å². The van der Waals surface area contributed by atoms with Crippen LogP contribution in [-0.2, 0) is 0 Å². The van der Waals surface area contributed by atoms with Gasteiger partial charge in [-0.05, 0) is 44.9 Å². The van der Waals surface area contributed by atoms with Crippen molar-refractivity contribution in [2.75, 3.05) is 0 Å². The van der Waals surface area contributed by atoms with Gasteiger partial charge in [0.05, 0.1) is 0 Å². The molecule has 0 radical (unpaired) electrons. The summed E-state index contributed by atoms with van der Waals surface area (Å²) in [6, 6.07) is 6.90. The first-order chi connectivity index (χ1) is 8.41. The summed E-state index contributed by atoms with van der Waals surface area (Å²) in [5, 5.41) is 1.15. The summed E-state index contributed by atoms with van der Waals surface area (Å²) in [6.45, 7) is 0. The maximum Gasteiger partial charge on any atom is 0.265 e. The highest BCUT2D eigenvalue weighted by Gasteiger charge is 2.21. The Morgan fingerprint density at radius 2 is 1.72 bits per heavy atom. The van der Waals surface area contributed by atoms with Crippen LogP contribution < -0.4 is 0 Å². The smallest absolute Gasteiger partial charge is 0.205 e. The fourth-order valence-corrected chi connectivity index (χ4v) is 3.46. The first-order valence-corrected chi connectivity index (χ1v) is 7.35. The Morgan fingerprint density at radius 1 is 1.06 bits per heavy atom. The van der Waals surface area contributed by atoms with Crippen molar-refractivity contribution in [2.45, 2.75) is 11.3 Å². The quantitative estimate of drug-likeness (QED) is 0.471. The molecule has 0 aromatic heterocycles. The van der Waals surface area contributed by atoms with E-state index in [2.05, 4.69) is 31.9 Å². The average molecular weight is 419 g/mol. The minimum Gasteiger partial charge on any atom is -0.205 e. The first-order valence-electron chi connectivity index (χ1n) is 4.89. The van der Waals surface area contributed by atoms with E-state index in [0.29, 0.717) is 16.3 Å². The van der Waals surface area contributed by atoms with Gasteiger partial charge in [0.15, 0.2) is 0 Å². The average Bonchev–Trinajstić information content (AvgIpc) is 2.26. The van der Waals surface area contributed by atoms with Crippen LogP contribution in [0.3, 0.4) is 0 Å². The number of hydrogen-bond acceptors (Lipinski definition) is 0. The van der Waals surface area contributed by atoms with E-state index >= 15 is 0 Å². The fraction of sp³-hybridized carbons (Fsp3) is 0.167. The Morgan fingerprint density at radius 3 is 2.28 bits per heavy atom. The van der Waals surface area contributed by atoms with Crippen molar-refractivity contribution in [3.05, 3.63) is 44.3 Å². The molecule has 0 spiro atoms. The molecule has 0 fully saturated rings. The molecule has 96 valence electrons. The van der Waals surface area contributed by atoms with Crippen molar-refractivity contribution in [2.24, 2.45) is 0 Å². The molecule has 2 aromatic carbocycles. The third-order valence-electron chi connectivity index (χ3n) is 2.56. The highest BCUT2D eigenvalue weighted by Crippen LogP contribution is 2.42. The van der Waals surface area contributed by atoms with Crippen LogP contribution in [-0.4, -0.2) is 0 Å². The van der Waals surface area contributed by atoms with Crippen LogP contribution in [0.15, 0.2) is 33.2 Å². The summed E-state index contributed by atoms with van der Waals surface area (Å²) in [5.74, 6) is 0.